The Morgan fingerprint density at radius 2 is 1.41 bits per heavy atom. The summed E-state index contributed by atoms with van der Waals surface area (Å²) in [6, 6.07) is 14.7. The van der Waals surface area contributed by atoms with Crippen LogP contribution in [0.5, 0.6) is 0 Å². The van der Waals surface area contributed by atoms with Crippen LogP contribution >= 0.6 is 0 Å². The van der Waals surface area contributed by atoms with Crippen LogP contribution in [0.15, 0.2) is 48.5 Å². The number of anilines is 3. The average molecular weight is 396 g/mol. The van der Waals surface area contributed by atoms with Crippen molar-refractivity contribution in [1.82, 2.24) is 0 Å². The summed E-state index contributed by atoms with van der Waals surface area (Å²) in [5, 5.41) is 5.50. The first kappa shape index (κ1) is 22.1. The molecule has 0 aromatic heterocycles. The highest BCUT2D eigenvalue weighted by molar-refractivity contribution is 5.95. The molecule has 0 radical (unpaired) electrons. The van der Waals surface area contributed by atoms with E-state index in [4.69, 9.17) is 0 Å². The summed E-state index contributed by atoms with van der Waals surface area (Å²) in [5.41, 5.74) is 3.07. The van der Waals surface area contributed by atoms with E-state index in [1.54, 1.807) is 29.2 Å². The van der Waals surface area contributed by atoms with Gasteiger partial charge in [0.05, 0.1) is 0 Å². The summed E-state index contributed by atoms with van der Waals surface area (Å²) in [6.07, 6.45) is 0.172. The lowest BCUT2D eigenvalue weighted by Crippen LogP contribution is -2.34. The summed E-state index contributed by atoms with van der Waals surface area (Å²) in [5.74, 6) is -0.437. The molecule has 3 amide bonds. The van der Waals surface area contributed by atoms with Gasteiger partial charge in [-0.3, -0.25) is 14.4 Å². The number of nitrogens with zero attached hydrogens (tertiary/aromatic N) is 1. The number of hydrogen-bond donors (Lipinski definition) is 2. The smallest absolute Gasteiger partial charge is 0.226 e. The normalized spacial score (nSPS) is 10.9. The number of carbonyl (C=O) groups excluding carboxylic acids is 3. The van der Waals surface area contributed by atoms with E-state index in [9.17, 15) is 14.4 Å². The van der Waals surface area contributed by atoms with Gasteiger partial charge in [0.2, 0.25) is 17.7 Å². The molecule has 2 N–H and O–H groups in total. The summed E-state index contributed by atoms with van der Waals surface area (Å²) in [4.78, 5) is 37.4. The maximum atomic E-state index is 12.4. The number of nitrogens with one attached hydrogen (secondary N) is 2. The second-order valence-electron chi connectivity index (χ2n) is 7.99. The molecule has 29 heavy (non-hydrogen) atoms. The number of benzene rings is 2. The predicted molar refractivity (Wildman–Crippen MR) is 117 cm³/mol. The Labute approximate surface area is 172 Å². The van der Waals surface area contributed by atoms with Crippen molar-refractivity contribution >= 4 is 34.8 Å². The Hall–Kier alpha value is -3.15. The third-order valence-electron chi connectivity index (χ3n) is 4.43. The van der Waals surface area contributed by atoms with Crippen molar-refractivity contribution in [2.24, 2.45) is 0 Å². The number of para-hydroxylation sites is 1. The van der Waals surface area contributed by atoms with Gasteiger partial charge < -0.3 is 15.5 Å². The molecule has 0 spiro atoms. The Morgan fingerprint density at radius 3 is 1.93 bits per heavy atom. The third kappa shape index (κ3) is 6.45. The molecular weight excluding hydrogens is 366 g/mol. The Kier molecular flexibility index (Phi) is 7.15. The molecule has 2 aromatic carbocycles. The monoisotopic (exact) mass is 395 g/mol. The molecule has 0 heterocycles. The summed E-state index contributed by atoms with van der Waals surface area (Å²) >= 11 is 0. The van der Waals surface area contributed by atoms with Crippen LogP contribution in [0.2, 0.25) is 0 Å². The van der Waals surface area contributed by atoms with E-state index in [-0.39, 0.29) is 36.1 Å². The highest BCUT2D eigenvalue weighted by atomic mass is 16.2. The minimum Gasteiger partial charge on any atom is -0.326 e. The van der Waals surface area contributed by atoms with Gasteiger partial charge in [0.1, 0.15) is 0 Å². The molecule has 0 aliphatic carbocycles. The fraction of sp³-hybridized carbons (Fsp3) is 0.348. The van der Waals surface area contributed by atoms with E-state index >= 15 is 0 Å². The van der Waals surface area contributed by atoms with E-state index in [2.05, 4.69) is 31.4 Å². The average Bonchev–Trinajstić information content (AvgIpc) is 2.62. The zero-order valence-corrected chi connectivity index (χ0v) is 17.7. The van der Waals surface area contributed by atoms with Crippen LogP contribution in [0.25, 0.3) is 0 Å². The molecule has 0 saturated carbocycles. The summed E-state index contributed by atoms with van der Waals surface area (Å²) in [7, 11) is 0. The van der Waals surface area contributed by atoms with Gasteiger partial charge in [-0.05, 0) is 41.3 Å². The first-order valence-electron chi connectivity index (χ1n) is 9.63. The van der Waals surface area contributed by atoms with Crippen LogP contribution in [-0.2, 0) is 19.8 Å². The minimum absolute atomic E-state index is 0.103. The lowest BCUT2D eigenvalue weighted by molar-refractivity contribution is -0.117. The predicted octanol–water partition coefficient (Wildman–Crippen LogP) is 4.32. The number of carbonyl (C=O) groups is 3. The molecule has 6 nitrogen and oxygen atoms in total. The van der Waals surface area contributed by atoms with E-state index in [1.807, 2.05) is 24.3 Å². The fourth-order valence-corrected chi connectivity index (χ4v) is 3.07. The topological polar surface area (TPSA) is 78.5 Å². The van der Waals surface area contributed by atoms with E-state index in [1.165, 1.54) is 13.8 Å². The van der Waals surface area contributed by atoms with Gasteiger partial charge in [0.15, 0.2) is 0 Å². The Balaban J connectivity index is 2.05. The van der Waals surface area contributed by atoms with Gasteiger partial charge in [-0.15, -0.1) is 0 Å². The van der Waals surface area contributed by atoms with Crippen molar-refractivity contribution in [2.45, 2.75) is 46.5 Å². The van der Waals surface area contributed by atoms with Gasteiger partial charge in [0, 0.05) is 43.9 Å². The maximum absolute atomic E-state index is 12.4. The first-order valence-corrected chi connectivity index (χ1v) is 9.63. The molecule has 0 saturated heterocycles. The first-order chi connectivity index (χ1) is 13.6. The van der Waals surface area contributed by atoms with Crippen molar-refractivity contribution in [3.63, 3.8) is 0 Å². The number of hydrogen-bond acceptors (Lipinski definition) is 3. The second kappa shape index (κ2) is 9.37. The van der Waals surface area contributed by atoms with Crippen LogP contribution in [0, 0.1) is 0 Å². The molecule has 0 bridgehead atoms. The molecule has 0 aliphatic rings. The summed E-state index contributed by atoms with van der Waals surface area (Å²) < 4.78 is 0. The molecule has 0 unspecified atom stereocenters. The summed E-state index contributed by atoms with van der Waals surface area (Å²) in [6.45, 7) is 9.54. The van der Waals surface area contributed by atoms with E-state index < -0.39 is 0 Å². The van der Waals surface area contributed by atoms with Gasteiger partial charge in [-0.2, -0.15) is 0 Å². The lowest BCUT2D eigenvalue weighted by atomic mass is 9.85. The lowest BCUT2D eigenvalue weighted by Gasteiger charge is -2.29. The highest BCUT2D eigenvalue weighted by Gasteiger charge is 2.23. The Bertz CT molecular complexity index is 883. The van der Waals surface area contributed by atoms with Crippen molar-refractivity contribution < 1.29 is 14.4 Å². The SMILES string of the molecule is CC(=O)Nc1ccc(NC(=O)CCN(C(C)=O)c2ccccc2C(C)(C)C)cc1. The molecule has 6 heteroatoms. The van der Waals surface area contributed by atoms with Crippen molar-refractivity contribution in [3.8, 4) is 0 Å². The Morgan fingerprint density at radius 1 is 0.862 bits per heavy atom. The molecule has 0 fully saturated rings. The quantitative estimate of drug-likeness (QED) is 0.764. The third-order valence-corrected chi connectivity index (χ3v) is 4.43. The van der Waals surface area contributed by atoms with Crippen LogP contribution in [0.4, 0.5) is 17.1 Å². The van der Waals surface area contributed by atoms with Crippen molar-refractivity contribution in [3.05, 3.63) is 54.1 Å². The largest absolute Gasteiger partial charge is 0.326 e. The van der Waals surface area contributed by atoms with Gasteiger partial charge in [-0.25, -0.2) is 0 Å². The van der Waals surface area contributed by atoms with Crippen molar-refractivity contribution in [2.75, 3.05) is 22.1 Å². The van der Waals surface area contributed by atoms with E-state index in [0.29, 0.717) is 11.4 Å². The van der Waals surface area contributed by atoms with Gasteiger partial charge >= 0.3 is 0 Å². The second-order valence-corrected chi connectivity index (χ2v) is 7.99. The highest BCUT2D eigenvalue weighted by Crippen LogP contribution is 2.32. The van der Waals surface area contributed by atoms with Crippen molar-refractivity contribution in [1.29, 1.82) is 0 Å². The fourth-order valence-electron chi connectivity index (χ4n) is 3.07. The molecule has 2 aromatic rings. The molecule has 154 valence electrons. The van der Waals surface area contributed by atoms with Gasteiger partial charge in [0.25, 0.3) is 0 Å². The maximum Gasteiger partial charge on any atom is 0.226 e. The number of rotatable bonds is 6. The van der Waals surface area contributed by atoms with Gasteiger partial charge in [-0.1, -0.05) is 39.0 Å². The zero-order chi connectivity index (χ0) is 21.6. The van der Waals surface area contributed by atoms with Crippen LogP contribution in [0.1, 0.15) is 46.6 Å². The van der Waals surface area contributed by atoms with E-state index in [0.717, 1.165) is 11.3 Å². The number of amides is 3. The molecule has 0 aliphatic heterocycles. The van der Waals surface area contributed by atoms with Crippen LogP contribution in [-0.4, -0.2) is 24.3 Å². The van der Waals surface area contributed by atoms with Crippen LogP contribution in [0.3, 0.4) is 0 Å². The molecule has 0 atom stereocenters. The standard InChI is InChI=1S/C23H29N3O3/c1-16(27)24-18-10-12-19(13-11-18)25-22(29)14-15-26(17(2)28)21-9-7-6-8-20(21)23(3,4)5/h6-13H,14-15H2,1-5H3,(H,24,27)(H,25,29). The minimum atomic E-state index is -0.184. The molecule has 2 rings (SSSR count). The zero-order valence-electron chi connectivity index (χ0n) is 17.7. The molecular formula is C23H29N3O3. The van der Waals surface area contributed by atoms with Crippen LogP contribution < -0.4 is 15.5 Å².